The number of Topliss-reactive ketones (excluding diaryl/α,β-unsaturated/α-hetero) is 1. The number of aryl methyl sites for hydroxylation is 3. The molecule has 178 valence electrons. The fourth-order valence-corrected chi connectivity index (χ4v) is 5.38. The Kier molecular flexibility index (Phi) is 8.16. The van der Waals surface area contributed by atoms with Crippen LogP contribution in [0.4, 0.5) is 13.2 Å². The van der Waals surface area contributed by atoms with E-state index in [0.29, 0.717) is 24.2 Å². The second-order valence-corrected chi connectivity index (χ2v) is 9.51. The van der Waals surface area contributed by atoms with Crippen LogP contribution >= 0.6 is 11.8 Å². The van der Waals surface area contributed by atoms with Gasteiger partial charge in [0.05, 0.1) is 5.57 Å². The van der Waals surface area contributed by atoms with E-state index >= 15 is 0 Å². The van der Waals surface area contributed by atoms with Crippen molar-refractivity contribution in [2.24, 2.45) is 5.92 Å². The molecular formula is C26H29F3O3S. The third-order valence-corrected chi connectivity index (χ3v) is 6.88. The van der Waals surface area contributed by atoms with Crippen LogP contribution in [0.15, 0.2) is 47.1 Å². The Morgan fingerprint density at radius 1 is 1.06 bits per heavy atom. The molecule has 0 bridgehead atoms. The normalized spacial score (nSPS) is 16.9. The number of hydrogen-bond acceptors (Lipinski definition) is 4. The van der Waals surface area contributed by atoms with E-state index in [-0.39, 0.29) is 23.2 Å². The number of rotatable bonds is 8. The highest BCUT2D eigenvalue weighted by atomic mass is 32.2. The van der Waals surface area contributed by atoms with Crippen molar-refractivity contribution in [2.75, 3.05) is 5.75 Å². The van der Waals surface area contributed by atoms with Crippen molar-refractivity contribution in [1.29, 1.82) is 0 Å². The van der Waals surface area contributed by atoms with Gasteiger partial charge in [0.15, 0.2) is 5.78 Å². The number of thioether (sulfide) groups is 1. The Morgan fingerprint density at radius 3 is 2.18 bits per heavy atom. The van der Waals surface area contributed by atoms with Crippen molar-refractivity contribution in [3.05, 3.63) is 64.4 Å². The number of alkyl halides is 3. The van der Waals surface area contributed by atoms with Crippen LogP contribution in [0.5, 0.6) is 5.75 Å². The van der Waals surface area contributed by atoms with Gasteiger partial charge in [-0.2, -0.15) is 0 Å². The van der Waals surface area contributed by atoms with Gasteiger partial charge < -0.3 is 9.84 Å². The fraction of sp³-hybridized carbons (Fsp3) is 0.423. The first-order chi connectivity index (χ1) is 15.6. The van der Waals surface area contributed by atoms with Crippen LogP contribution in [0.3, 0.4) is 0 Å². The molecule has 1 unspecified atom stereocenters. The van der Waals surface area contributed by atoms with Gasteiger partial charge in [-0.25, -0.2) is 0 Å². The quantitative estimate of drug-likeness (QED) is 0.400. The van der Waals surface area contributed by atoms with Crippen molar-refractivity contribution in [1.82, 2.24) is 0 Å². The Labute approximate surface area is 197 Å². The summed E-state index contributed by atoms with van der Waals surface area (Å²) in [7, 11) is 0. The first-order valence-electron chi connectivity index (χ1n) is 11.2. The molecular weight excluding hydrogens is 449 g/mol. The van der Waals surface area contributed by atoms with Crippen LogP contribution in [0.1, 0.15) is 55.4 Å². The van der Waals surface area contributed by atoms with E-state index in [1.807, 2.05) is 6.92 Å². The van der Waals surface area contributed by atoms with Crippen molar-refractivity contribution in [3.63, 3.8) is 0 Å². The highest BCUT2D eigenvalue weighted by Crippen LogP contribution is 2.38. The molecule has 0 heterocycles. The van der Waals surface area contributed by atoms with Crippen molar-refractivity contribution in [3.8, 4) is 5.75 Å². The Hall–Kier alpha value is -2.41. The molecule has 0 amide bonds. The first kappa shape index (κ1) is 25.2. The summed E-state index contributed by atoms with van der Waals surface area (Å²) >= 11 is 1.51. The molecule has 3 nitrogen and oxygen atoms in total. The molecule has 0 saturated heterocycles. The number of halogens is 3. The van der Waals surface area contributed by atoms with Gasteiger partial charge in [-0.3, -0.25) is 4.79 Å². The van der Waals surface area contributed by atoms with Crippen LogP contribution in [-0.2, 0) is 17.6 Å². The van der Waals surface area contributed by atoms with E-state index in [2.05, 4.69) is 30.7 Å². The topological polar surface area (TPSA) is 46.5 Å². The summed E-state index contributed by atoms with van der Waals surface area (Å²) in [6.07, 6.45) is -1.55. The van der Waals surface area contributed by atoms with E-state index in [1.165, 1.54) is 23.9 Å². The number of ether oxygens (including phenoxy) is 1. The predicted octanol–water partition coefficient (Wildman–Crippen LogP) is 7.45. The van der Waals surface area contributed by atoms with Gasteiger partial charge in [0.2, 0.25) is 0 Å². The lowest BCUT2D eigenvalue weighted by Gasteiger charge is -2.26. The Balaban J connectivity index is 1.65. The summed E-state index contributed by atoms with van der Waals surface area (Å²) in [4.78, 5) is 13.9. The fourth-order valence-electron chi connectivity index (χ4n) is 4.36. The van der Waals surface area contributed by atoms with E-state index in [9.17, 15) is 23.1 Å². The average Bonchev–Trinajstić information content (AvgIpc) is 2.74. The molecule has 3 rings (SSSR count). The first-order valence-corrected chi connectivity index (χ1v) is 12.2. The zero-order chi connectivity index (χ0) is 24.2. The van der Waals surface area contributed by atoms with Crippen LogP contribution in [0.25, 0.3) is 5.57 Å². The maximum absolute atomic E-state index is 13.1. The van der Waals surface area contributed by atoms with E-state index < -0.39 is 6.36 Å². The summed E-state index contributed by atoms with van der Waals surface area (Å²) in [6, 6.07) is 9.94. The molecule has 7 heteroatoms. The number of carbonyl (C=O) groups is 1. The molecule has 33 heavy (non-hydrogen) atoms. The molecule has 1 N–H and O–H groups in total. The second kappa shape index (κ2) is 10.7. The number of aliphatic hydroxyl groups excluding tert-OH is 1. The maximum Gasteiger partial charge on any atom is 0.573 e. The third-order valence-electron chi connectivity index (χ3n) is 5.83. The van der Waals surface area contributed by atoms with E-state index in [0.717, 1.165) is 46.4 Å². The van der Waals surface area contributed by atoms with Gasteiger partial charge in [-0.15, -0.1) is 24.9 Å². The molecule has 0 aliphatic heterocycles. The summed E-state index contributed by atoms with van der Waals surface area (Å²) < 4.78 is 40.7. The highest BCUT2D eigenvalue weighted by Gasteiger charge is 2.32. The van der Waals surface area contributed by atoms with Crippen LogP contribution in [-0.4, -0.2) is 23.0 Å². The monoisotopic (exact) mass is 478 g/mol. The van der Waals surface area contributed by atoms with Gasteiger partial charge >= 0.3 is 6.36 Å². The maximum atomic E-state index is 13.1. The summed E-state index contributed by atoms with van der Waals surface area (Å²) in [5, 5.41) is 10.9. The number of allylic oxidation sites excluding steroid dienone is 2. The molecule has 0 spiro atoms. The molecule has 1 aliphatic rings. The van der Waals surface area contributed by atoms with Gasteiger partial charge in [0.1, 0.15) is 11.5 Å². The van der Waals surface area contributed by atoms with Gasteiger partial charge in [0, 0.05) is 17.7 Å². The lowest BCUT2D eigenvalue weighted by Crippen LogP contribution is -2.21. The molecule has 2 aromatic rings. The molecule has 0 fully saturated rings. The van der Waals surface area contributed by atoms with Gasteiger partial charge in [0.25, 0.3) is 0 Å². The Bertz CT molecular complexity index is 1000. The molecule has 0 radical (unpaired) electrons. The van der Waals surface area contributed by atoms with Gasteiger partial charge in [-0.1, -0.05) is 31.5 Å². The molecule has 1 atom stereocenters. The summed E-state index contributed by atoms with van der Waals surface area (Å²) in [5.41, 5.74) is 4.72. The van der Waals surface area contributed by atoms with E-state index in [1.54, 1.807) is 12.1 Å². The zero-order valence-electron chi connectivity index (χ0n) is 19.1. The van der Waals surface area contributed by atoms with Crippen molar-refractivity contribution < 1.29 is 27.8 Å². The minimum absolute atomic E-state index is 0.0179. The molecule has 0 saturated carbocycles. The highest BCUT2D eigenvalue weighted by molar-refractivity contribution is 7.99. The summed E-state index contributed by atoms with van der Waals surface area (Å²) in [6.45, 7) is 6.17. The molecule has 2 aromatic carbocycles. The van der Waals surface area contributed by atoms with Gasteiger partial charge in [-0.05, 0) is 78.8 Å². The minimum atomic E-state index is -4.70. The lowest BCUT2D eigenvalue weighted by molar-refractivity contribution is -0.274. The van der Waals surface area contributed by atoms with Crippen LogP contribution in [0, 0.1) is 12.8 Å². The smallest absolute Gasteiger partial charge is 0.512 e. The number of hydrogen-bond donors (Lipinski definition) is 1. The number of carbonyl (C=O) groups excluding carboxylic acids is 1. The van der Waals surface area contributed by atoms with Crippen LogP contribution in [0.2, 0.25) is 0 Å². The summed E-state index contributed by atoms with van der Waals surface area (Å²) in [5.74, 6) is 0.646. The van der Waals surface area contributed by atoms with Crippen molar-refractivity contribution in [2.45, 2.75) is 64.1 Å². The number of ketones is 1. The largest absolute Gasteiger partial charge is 0.573 e. The molecule has 0 aromatic heterocycles. The second-order valence-electron chi connectivity index (χ2n) is 8.34. The Morgan fingerprint density at radius 2 is 1.67 bits per heavy atom. The van der Waals surface area contributed by atoms with Crippen molar-refractivity contribution >= 4 is 23.1 Å². The predicted molar refractivity (Wildman–Crippen MR) is 126 cm³/mol. The van der Waals surface area contributed by atoms with Crippen LogP contribution < -0.4 is 4.74 Å². The standard InChI is InChI=1S/C26H29F3O3S/c1-4-18-12-16(3)13-19(5-2)24(18)25-22(30)14-17(15-23(25)31)10-11-33-21-8-6-20(7-9-21)32-26(27,28)29/h6-9,12-13,17,30H,4-5,10-11,14-15H2,1-3H3. The minimum Gasteiger partial charge on any atom is -0.512 e. The zero-order valence-corrected chi connectivity index (χ0v) is 19.9. The van der Waals surface area contributed by atoms with E-state index in [4.69, 9.17) is 0 Å². The average molecular weight is 479 g/mol. The number of aliphatic hydroxyl groups is 1. The third kappa shape index (κ3) is 6.56. The number of benzene rings is 2. The molecule has 1 aliphatic carbocycles. The lowest BCUT2D eigenvalue weighted by atomic mass is 9.79. The SMILES string of the molecule is CCc1cc(C)cc(CC)c1C1=C(O)CC(CCSc2ccc(OC(F)(F)F)cc2)CC1=O.